The molecule has 0 bridgehead atoms. The molecular formula is C18H27NO3. The minimum absolute atomic E-state index is 0.0679. The Kier molecular flexibility index (Phi) is 7.09. The van der Waals surface area contributed by atoms with Crippen molar-refractivity contribution in [2.75, 3.05) is 13.7 Å². The van der Waals surface area contributed by atoms with Crippen LogP contribution in [0.3, 0.4) is 0 Å². The Bertz CT molecular complexity index is 480. The second kappa shape index (κ2) is 8.57. The predicted octanol–water partition coefficient (Wildman–Crippen LogP) is 3.46. The zero-order valence-corrected chi connectivity index (χ0v) is 14.0. The monoisotopic (exact) mass is 305 g/mol. The van der Waals surface area contributed by atoms with Crippen molar-refractivity contribution in [1.29, 1.82) is 0 Å². The predicted molar refractivity (Wildman–Crippen MR) is 88.2 cm³/mol. The highest BCUT2D eigenvalue weighted by Gasteiger charge is 2.20. The summed E-state index contributed by atoms with van der Waals surface area (Å²) in [6, 6.07) is 7.06. The normalized spacial score (nSPS) is 12.5. The number of amides is 1. The lowest BCUT2D eigenvalue weighted by Crippen LogP contribution is -2.26. The summed E-state index contributed by atoms with van der Waals surface area (Å²) >= 11 is 0. The van der Waals surface area contributed by atoms with Crippen LogP contribution in [-0.2, 0) is 4.79 Å². The van der Waals surface area contributed by atoms with E-state index in [-0.39, 0.29) is 17.2 Å². The van der Waals surface area contributed by atoms with Crippen LogP contribution in [0.4, 0.5) is 0 Å². The van der Waals surface area contributed by atoms with Crippen molar-refractivity contribution in [3.05, 3.63) is 29.8 Å². The first-order chi connectivity index (χ1) is 10.4. The van der Waals surface area contributed by atoms with Crippen LogP contribution in [0.5, 0.6) is 5.75 Å². The molecule has 1 N–H and O–H groups in total. The number of hydrogen-bond acceptors (Lipinski definition) is 3. The maximum atomic E-state index is 12.0. The summed E-state index contributed by atoms with van der Waals surface area (Å²) in [7, 11) is 1.60. The van der Waals surface area contributed by atoms with Crippen LogP contribution in [0.15, 0.2) is 24.3 Å². The molecule has 1 rings (SSSR count). The van der Waals surface area contributed by atoms with Crippen LogP contribution in [-0.4, -0.2) is 25.8 Å². The number of carbonyl (C=O) groups excluding carboxylic acids is 2. The fourth-order valence-electron chi connectivity index (χ4n) is 2.64. The number of carbonyl (C=O) groups is 2. The number of methoxy groups -OCH3 is 1. The van der Waals surface area contributed by atoms with E-state index < -0.39 is 0 Å². The van der Waals surface area contributed by atoms with E-state index in [1.54, 1.807) is 31.4 Å². The van der Waals surface area contributed by atoms with Crippen molar-refractivity contribution in [1.82, 2.24) is 5.32 Å². The van der Waals surface area contributed by atoms with E-state index in [9.17, 15) is 9.59 Å². The van der Waals surface area contributed by atoms with E-state index in [1.165, 1.54) is 0 Å². The second-order valence-corrected chi connectivity index (χ2v) is 6.57. The SMILES string of the molecule is COc1ccc(C(=O)NCCCC(C)(C)CC(C)C=O)cc1. The number of nitrogens with one attached hydrogen (secondary N) is 1. The standard InChI is InChI=1S/C18H27NO3/c1-14(13-20)12-18(2,3)10-5-11-19-17(21)15-6-8-16(22-4)9-7-15/h6-9,13-14H,5,10-12H2,1-4H3,(H,19,21). The highest BCUT2D eigenvalue weighted by molar-refractivity contribution is 5.94. The average molecular weight is 305 g/mol. The molecule has 22 heavy (non-hydrogen) atoms. The first-order valence-electron chi connectivity index (χ1n) is 7.75. The van der Waals surface area contributed by atoms with E-state index in [4.69, 9.17) is 4.74 Å². The van der Waals surface area contributed by atoms with Crippen LogP contribution in [0, 0.1) is 11.3 Å². The smallest absolute Gasteiger partial charge is 0.251 e. The number of benzene rings is 1. The highest BCUT2D eigenvalue weighted by atomic mass is 16.5. The van der Waals surface area contributed by atoms with Crippen LogP contribution >= 0.6 is 0 Å². The summed E-state index contributed by atoms with van der Waals surface area (Å²) < 4.78 is 5.07. The summed E-state index contributed by atoms with van der Waals surface area (Å²) in [4.78, 5) is 22.7. The lowest BCUT2D eigenvalue weighted by Gasteiger charge is -2.26. The van der Waals surface area contributed by atoms with Gasteiger partial charge in [0, 0.05) is 18.0 Å². The molecule has 0 fully saturated rings. The molecule has 1 aromatic rings. The molecule has 1 aromatic carbocycles. The summed E-state index contributed by atoms with van der Waals surface area (Å²) in [5, 5.41) is 2.93. The third kappa shape index (κ3) is 6.29. The van der Waals surface area contributed by atoms with Crippen LogP contribution in [0.1, 0.15) is 50.4 Å². The Hall–Kier alpha value is -1.84. The van der Waals surface area contributed by atoms with Crippen molar-refractivity contribution < 1.29 is 14.3 Å². The summed E-state index contributed by atoms with van der Waals surface area (Å²) in [5.41, 5.74) is 0.750. The Morgan fingerprint density at radius 2 is 1.95 bits per heavy atom. The van der Waals surface area contributed by atoms with Gasteiger partial charge >= 0.3 is 0 Å². The maximum Gasteiger partial charge on any atom is 0.251 e. The molecule has 0 aliphatic rings. The quantitative estimate of drug-likeness (QED) is 0.561. The van der Waals surface area contributed by atoms with Gasteiger partial charge in [-0.05, 0) is 48.9 Å². The average Bonchev–Trinajstić information content (AvgIpc) is 2.50. The number of ether oxygens (including phenoxy) is 1. The first-order valence-corrected chi connectivity index (χ1v) is 7.75. The number of aldehydes is 1. The van der Waals surface area contributed by atoms with E-state index >= 15 is 0 Å². The van der Waals surface area contributed by atoms with Crippen molar-refractivity contribution >= 4 is 12.2 Å². The number of rotatable bonds is 9. The van der Waals surface area contributed by atoms with Crippen LogP contribution in [0.25, 0.3) is 0 Å². The second-order valence-electron chi connectivity index (χ2n) is 6.57. The van der Waals surface area contributed by atoms with Crippen molar-refractivity contribution in [3.8, 4) is 5.75 Å². The zero-order valence-electron chi connectivity index (χ0n) is 14.0. The molecule has 0 spiro atoms. The fraction of sp³-hybridized carbons (Fsp3) is 0.556. The molecule has 0 aliphatic heterocycles. The molecule has 0 aromatic heterocycles. The third-order valence-corrected chi connectivity index (χ3v) is 3.77. The van der Waals surface area contributed by atoms with Gasteiger partial charge in [0.15, 0.2) is 0 Å². The van der Waals surface area contributed by atoms with Gasteiger partial charge in [0.25, 0.3) is 5.91 Å². The molecule has 0 heterocycles. The van der Waals surface area contributed by atoms with Crippen molar-refractivity contribution in [2.24, 2.45) is 11.3 Å². The molecule has 0 radical (unpaired) electrons. The summed E-state index contributed by atoms with van der Waals surface area (Å²) in [5.74, 6) is 0.758. The van der Waals surface area contributed by atoms with Crippen molar-refractivity contribution in [3.63, 3.8) is 0 Å². The highest BCUT2D eigenvalue weighted by Crippen LogP contribution is 2.29. The van der Waals surface area contributed by atoms with Gasteiger partial charge in [-0.15, -0.1) is 0 Å². The molecule has 0 aliphatic carbocycles. The molecule has 0 saturated heterocycles. The molecule has 1 amide bonds. The largest absolute Gasteiger partial charge is 0.497 e. The third-order valence-electron chi connectivity index (χ3n) is 3.77. The molecule has 4 heteroatoms. The lowest BCUT2D eigenvalue weighted by molar-refractivity contribution is -0.111. The van der Waals surface area contributed by atoms with Gasteiger partial charge in [-0.3, -0.25) is 4.79 Å². The van der Waals surface area contributed by atoms with Gasteiger partial charge in [-0.2, -0.15) is 0 Å². The van der Waals surface area contributed by atoms with E-state index in [1.807, 2.05) is 6.92 Å². The van der Waals surface area contributed by atoms with Gasteiger partial charge in [0.05, 0.1) is 7.11 Å². The fourth-order valence-corrected chi connectivity index (χ4v) is 2.64. The summed E-state index contributed by atoms with van der Waals surface area (Å²) in [6.07, 6.45) is 3.77. The molecular weight excluding hydrogens is 278 g/mol. The van der Waals surface area contributed by atoms with E-state index in [0.29, 0.717) is 12.1 Å². The van der Waals surface area contributed by atoms with E-state index in [2.05, 4.69) is 19.2 Å². The molecule has 1 atom stereocenters. The van der Waals surface area contributed by atoms with Gasteiger partial charge < -0.3 is 14.8 Å². The summed E-state index contributed by atoms with van der Waals surface area (Å²) in [6.45, 7) is 6.92. The van der Waals surface area contributed by atoms with Gasteiger partial charge in [0.1, 0.15) is 12.0 Å². The van der Waals surface area contributed by atoms with E-state index in [0.717, 1.165) is 31.3 Å². The Labute approximate surface area is 133 Å². The Morgan fingerprint density at radius 3 is 2.50 bits per heavy atom. The number of hydrogen-bond donors (Lipinski definition) is 1. The topological polar surface area (TPSA) is 55.4 Å². The zero-order chi connectivity index (χ0) is 16.6. The molecule has 122 valence electrons. The minimum Gasteiger partial charge on any atom is -0.497 e. The Morgan fingerprint density at radius 1 is 1.32 bits per heavy atom. The lowest BCUT2D eigenvalue weighted by atomic mass is 9.80. The van der Waals surface area contributed by atoms with Crippen LogP contribution < -0.4 is 10.1 Å². The van der Waals surface area contributed by atoms with Gasteiger partial charge in [0.2, 0.25) is 0 Å². The molecule has 4 nitrogen and oxygen atoms in total. The first kappa shape index (κ1) is 18.2. The van der Waals surface area contributed by atoms with Gasteiger partial charge in [-0.25, -0.2) is 0 Å². The Balaban J connectivity index is 2.34. The molecule has 0 saturated carbocycles. The van der Waals surface area contributed by atoms with Crippen molar-refractivity contribution in [2.45, 2.75) is 40.0 Å². The maximum absolute atomic E-state index is 12.0. The minimum atomic E-state index is -0.0679. The van der Waals surface area contributed by atoms with Gasteiger partial charge in [-0.1, -0.05) is 20.8 Å². The molecule has 1 unspecified atom stereocenters. The van der Waals surface area contributed by atoms with Crippen LogP contribution in [0.2, 0.25) is 0 Å².